The third-order valence-electron chi connectivity index (χ3n) is 5.87. The molecule has 0 aliphatic carbocycles. The number of benzene rings is 2. The van der Waals surface area contributed by atoms with Crippen molar-refractivity contribution >= 4 is 17.6 Å². The maximum Gasteiger partial charge on any atom is 0.318 e. The van der Waals surface area contributed by atoms with E-state index >= 15 is 0 Å². The fourth-order valence-electron chi connectivity index (χ4n) is 4.08. The zero-order chi connectivity index (χ0) is 26.0. The van der Waals surface area contributed by atoms with Crippen molar-refractivity contribution < 1.29 is 28.5 Å². The van der Waals surface area contributed by atoms with Gasteiger partial charge in [-0.2, -0.15) is 5.10 Å². The van der Waals surface area contributed by atoms with Crippen molar-refractivity contribution in [2.75, 3.05) is 34.6 Å². The minimum Gasteiger partial charge on any atom is -0.497 e. The Morgan fingerprint density at radius 2 is 1.86 bits per heavy atom. The summed E-state index contributed by atoms with van der Waals surface area (Å²) in [5, 5.41) is 9.02. The molecule has 0 aromatic heterocycles. The maximum atomic E-state index is 13.5. The minimum atomic E-state index is -0.423. The van der Waals surface area contributed by atoms with Crippen molar-refractivity contribution in [3.63, 3.8) is 0 Å². The number of carbonyl (C=O) groups is 2. The second-order valence-electron chi connectivity index (χ2n) is 9.72. The van der Waals surface area contributed by atoms with Gasteiger partial charge in [0.25, 0.3) is 5.91 Å². The van der Waals surface area contributed by atoms with Gasteiger partial charge in [0.2, 0.25) is 6.79 Å². The highest BCUT2D eigenvalue weighted by Crippen LogP contribution is 2.40. The number of urea groups is 1. The van der Waals surface area contributed by atoms with Crippen molar-refractivity contribution in [3.05, 3.63) is 47.5 Å². The molecule has 2 aromatic rings. The number of carbonyl (C=O) groups excluding carboxylic acids is 2. The number of nitrogens with zero attached hydrogens (tertiary/aromatic N) is 3. The van der Waals surface area contributed by atoms with E-state index in [1.54, 1.807) is 27.3 Å². The van der Waals surface area contributed by atoms with E-state index in [2.05, 4.69) is 5.32 Å². The standard InChI is InChI=1S/C26H32N4O6/c1-26(2,3)27-25(32)29(4)14-24(31)30-20(16-7-10-21-23(11-16)36-15-35-21)13-19(28-30)18-9-8-17(33-5)12-22(18)34-6/h7-12,20H,13-15H2,1-6H3,(H,27,32)/t20-/m0/s1. The lowest BCUT2D eigenvalue weighted by molar-refractivity contribution is -0.133. The predicted molar refractivity (Wildman–Crippen MR) is 134 cm³/mol. The molecule has 0 saturated heterocycles. The third-order valence-corrected chi connectivity index (χ3v) is 5.87. The van der Waals surface area contributed by atoms with Gasteiger partial charge in [0.05, 0.1) is 26.0 Å². The number of fused-ring (bicyclic) bond motifs is 1. The normalized spacial score (nSPS) is 16.4. The molecule has 2 aromatic carbocycles. The predicted octanol–water partition coefficient (Wildman–Crippen LogP) is 3.55. The van der Waals surface area contributed by atoms with Crippen molar-refractivity contribution in [1.82, 2.24) is 15.2 Å². The fourth-order valence-corrected chi connectivity index (χ4v) is 4.08. The molecule has 2 aliphatic heterocycles. The molecule has 3 amide bonds. The largest absolute Gasteiger partial charge is 0.497 e. The van der Waals surface area contributed by atoms with E-state index in [9.17, 15) is 9.59 Å². The Kier molecular flexibility index (Phi) is 6.96. The molecule has 0 radical (unpaired) electrons. The molecule has 1 atom stereocenters. The lowest BCUT2D eigenvalue weighted by Gasteiger charge is -2.28. The third kappa shape index (κ3) is 5.32. The quantitative estimate of drug-likeness (QED) is 0.656. The van der Waals surface area contributed by atoms with E-state index in [1.807, 2.05) is 51.1 Å². The number of amides is 3. The van der Waals surface area contributed by atoms with Gasteiger partial charge in [-0.25, -0.2) is 9.80 Å². The second kappa shape index (κ2) is 9.96. The van der Waals surface area contributed by atoms with Gasteiger partial charge in [0.1, 0.15) is 18.0 Å². The number of hydrazone groups is 1. The van der Waals surface area contributed by atoms with Crippen LogP contribution in [0.3, 0.4) is 0 Å². The van der Waals surface area contributed by atoms with E-state index in [-0.39, 0.29) is 25.3 Å². The number of methoxy groups -OCH3 is 2. The first kappa shape index (κ1) is 25.2. The van der Waals surface area contributed by atoms with Crippen LogP contribution in [0.15, 0.2) is 41.5 Å². The zero-order valence-corrected chi connectivity index (χ0v) is 21.5. The van der Waals surface area contributed by atoms with Crippen molar-refractivity contribution in [2.45, 2.75) is 38.8 Å². The molecule has 10 heteroatoms. The monoisotopic (exact) mass is 496 g/mol. The van der Waals surface area contributed by atoms with Gasteiger partial charge in [0.15, 0.2) is 11.5 Å². The van der Waals surface area contributed by atoms with Crippen molar-refractivity contribution in [1.29, 1.82) is 0 Å². The summed E-state index contributed by atoms with van der Waals surface area (Å²) in [6, 6.07) is 10.3. The first-order valence-electron chi connectivity index (χ1n) is 11.6. The van der Waals surface area contributed by atoms with Crippen LogP contribution in [-0.4, -0.2) is 67.7 Å². The molecular formula is C26H32N4O6. The Morgan fingerprint density at radius 1 is 1.11 bits per heavy atom. The van der Waals surface area contributed by atoms with Crippen LogP contribution >= 0.6 is 0 Å². The number of rotatable bonds is 6. The number of hydrogen-bond donors (Lipinski definition) is 1. The van der Waals surface area contributed by atoms with Crippen molar-refractivity contribution in [2.24, 2.45) is 5.10 Å². The molecule has 0 bridgehead atoms. The van der Waals surface area contributed by atoms with E-state index < -0.39 is 11.6 Å². The van der Waals surface area contributed by atoms with E-state index in [0.29, 0.717) is 35.1 Å². The Morgan fingerprint density at radius 3 is 2.56 bits per heavy atom. The molecule has 36 heavy (non-hydrogen) atoms. The van der Waals surface area contributed by atoms with Crippen LogP contribution in [0.5, 0.6) is 23.0 Å². The summed E-state index contributed by atoms with van der Waals surface area (Å²) in [5.74, 6) is 2.21. The van der Waals surface area contributed by atoms with Crippen LogP contribution in [0.1, 0.15) is 44.4 Å². The van der Waals surface area contributed by atoms with Gasteiger partial charge in [0, 0.05) is 30.6 Å². The highest BCUT2D eigenvalue weighted by atomic mass is 16.7. The highest BCUT2D eigenvalue weighted by molar-refractivity contribution is 6.05. The van der Waals surface area contributed by atoms with Crippen LogP contribution in [0.25, 0.3) is 0 Å². The molecule has 0 fully saturated rings. The maximum absolute atomic E-state index is 13.5. The molecule has 2 aliphatic rings. The first-order chi connectivity index (χ1) is 17.1. The summed E-state index contributed by atoms with van der Waals surface area (Å²) in [6.07, 6.45) is 0.450. The summed E-state index contributed by atoms with van der Waals surface area (Å²) in [7, 11) is 4.75. The van der Waals surface area contributed by atoms with Crippen LogP contribution in [-0.2, 0) is 4.79 Å². The lowest BCUT2D eigenvalue weighted by atomic mass is 9.97. The second-order valence-corrected chi connectivity index (χ2v) is 9.72. The van der Waals surface area contributed by atoms with Gasteiger partial charge < -0.3 is 29.2 Å². The lowest BCUT2D eigenvalue weighted by Crippen LogP contribution is -2.49. The molecule has 2 heterocycles. The van der Waals surface area contributed by atoms with Gasteiger partial charge in [-0.15, -0.1) is 0 Å². The molecular weight excluding hydrogens is 464 g/mol. The molecule has 10 nitrogen and oxygen atoms in total. The smallest absolute Gasteiger partial charge is 0.318 e. The van der Waals surface area contributed by atoms with Crippen molar-refractivity contribution in [3.8, 4) is 23.0 Å². The van der Waals surface area contributed by atoms with Gasteiger partial charge in [-0.05, 0) is 50.6 Å². The topological polar surface area (TPSA) is 102 Å². The van der Waals surface area contributed by atoms with Crippen LogP contribution in [0.2, 0.25) is 0 Å². The molecule has 1 N–H and O–H groups in total. The van der Waals surface area contributed by atoms with Gasteiger partial charge in [-0.1, -0.05) is 6.07 Å². The number of ether oxygens (including phenoxy) is 4. The summed E-state index contributed by atoms with van der Waals surface area (Å²) in [5.41, 5.74) is 1.87. The first-order valence-corrected chi connectivity index (χ1v) is 11.6. The number of hydrogen-bond acceptors (Lipinski definition) is 7. The summed E-state index contributed by atoms with van der Waals surface area (Å²) >= 11 is 0. The van der Waals surface area contributed by atoms with Gasteiger partial charge >= 0.3 is 6.03 Å². The summed E-state index contributed by atoms with van der Waals surface area (Å²) < 4.78 is 21.9. The minimum absolute atomic E-state index is 0.139. The number of nitrogens with one attached hydrogen (secondary N) is 1. The molecule has 0 saturated carbocycles. The van der Waals surface area contributed by atoms with E-state index in [1.165, 1.54) is 9.91 Å². The Hall–Kier alpha value is -3.95. The number of likely N-dealkylation sites (N-methyl/N-ethyl adjacent to an activating group) is 1. The zero-order valence-electron chi connectivity index (χ0n) is 21.5. The summed E-state index contributed by atoms with van der Waals surface area (Å²) in [4.78, 5) is 27.4. The van der Waals surface area contributed by atoms with Crippen LogP contribution in [0, 0.1) is 0 Å². The van der Waals surface area contributed by atoms with Crippen LogP contribution in [0.4, 0.5) is 4.79 Å². The Balaban J connectivity index is 1.65. The average molecular weight is 497 g/mol. The van der Waals surface area contributed by atoms with Gasteiger partial charge in [-0.3, -0.25) is 4.79 Å². The van der Waals surface area contributed by atoms with Crippen LogP contribution < -0.4 is 24.3 Å². The molecule has 192 valence electrons. The van der Waals surface area contributed by atoms with E-state index in [0.717, 1.165) is 11.1 Å². The SMILES string of the molecule is COc1ccc(C2=NN(C(=O)CN(C)C(=O)NC(C)(C)C)[C@H](c3ccc4c(c3)OCO4)C2)c(OC)c1. The fraction of sp³-hybridized carbons (Fsp3) is 0.423. The Bertz CT molecular complexity index is 1190. The Labute approximate surface area is 210 Å². The van der Waals surface area contributed by atoms with E-state index in [4.69, 9.17) is 24.0 Å². The molecule has 0 spiro atoms. The molecule has 4 rings (SSSR count). The molecule has 0 unspecified atom stereocenters. The highest BCUT2D eigenvalue weighted by Gasteiger charge is 2.36. The average Bonchev–Trinajstić information content (AvgIpc) is 3.49. The summed E-state index contributed by atoms with van der Waals surface area (Å²) in [6.45, 7) is 5.67.